The van der Waals surface area contributed by atoms with Crippen LogP contribution in [0.25, 0.3) is 11.3 Å². The zero-order valence-corrected chi connectivity index (χ0v) is 14.0. The van der Waals surface area contributed by atoms with Gasteiger partial charge in [0.1, 0.15) is 11.7 Å². The van der Waals surface area contributed by atoms with Gasteiger partial charge in [0.15, 0.2) is 5.76 Å². The third kappa shape index (κ3) is 4.33. The van der Waals surface area contributed by atoms with E-state index in [1.165, 1.54) is 6.07 Å². The number of benzene rings is 1. The van der Waals surface area contributed by atoms with E-state index in [1.54, 1.807) is 6.07 Å². The molecule has 0 bridgehead atoms. The number of primary amides is 1. The monoisotopic (exact) mass is 344 g/mol. The van der Waals surface area contributed by atoms with Gasteiger partial charge in [-0.1, -0.05) is 17.2 Å². The highest BCUT2D eigenvalue weighted by Gasteiger charge is 2.32. The van der Waals surface area contributed by atoms with Crippen LogP contribution in [0.3, 0.4) is 0 Å². The SMILES string of the molecule is Cc1cc(C)cc(-c2ccc(C(=O)C(C[C@H](N)C(N)=O)C(=O)O)o2)c1. The summed E-state index contributed by atoms with van der Waals surface area (Å²) in [4.78, 5) is 34.8. The number of hydrogen-bond donors (Lipinski definition) is 3. The van der Waals surface area contributed by atoms with E-state index >= 15 is 0 Å². The van der Waals surface area contributed by atoms with Gasteiger partial charge in [0.05, 0.1) is 6.04 Å². The van der Waals surface area contributed by atoms with Crippen molar-refractivity contribution in [1.29, 1.82) is 0 Å². The molecule has 2 atom stereocenters. The van der Waals surface area contributed by atoms with E-state index < -0.39 is 29.6 Å². The number of aliphatic carboxylic acids is 1. The van der Waals surface area contributed by atoms with Crippen LogP contribution in [0, 0.1) is 19.8 Å². The highest BCUT2D eigenvalue weighted by Crippen LogP contribution is 2.26. The molecular formula is C18H20N2O5. The smallest absolute Gasteiger partial charge is 0.314 e. The zero-order chi connectivity index (χ0) is 18.7. The molecule has 7 heteroatoms. The molecule has 0 aliphatic rings. The molecule has 1 unspecified atom stereocenters. The Hall–Kier alpha value is -2.93. The third-order valence-electron chi connectivity index (χ3n) is 3.82. The van der Waals surface area contributed by atoms with Gasteiger partial charge in [-0.2, -0.15) is 0 Å². The first kappa shape index (κ1) is 18.4. The van der Waals surface area contributed by atoms with E-state index in [-0.39, 0.29) is 12.2 Å². The molecule has 0 aliphatic heterocycles. The molecule has 1 heterocycles. The minimum Gasteiger partial charge on any atom is -0.481 e. The Morgan fingerprint density at radius 1 is 1.12 bits per heavy atom. The van der Waals surface area contributed by atoms with Gasteiger partial charge in [0.25, 0.3) is 0 Å². The fourth-order valence-corrected chi connectivity index (χ4v) is 2.60. The van der Waals surface area contributed by atoms with Crippen LogP contribution in [0.4, 0.5) is 0 Å². The minimum atomic E-state index is -1.50. The molecule has 1 amide bonds. The van der Waals surface area contributed by atoms with Crippen LogP contribution in [-0.4, -0.2) is 28.8 Å². The number of aryl methyl sites for hydroxylation is 2. The first-order chi connectivity index (χ1) is 11.7. The van der Waals surface area contributed by atoms with Crippen LogP contribution in [-0.2, 0) is 9.59 Å². The summed E-state index contributed by atoms with van der Waals surface area (Å²) in [6, 6.07) is 7.61. The second kappa shape index (κ2) is 7.31. The van der Waals surface area contributed by atoms with Crippen LogP contribution >= 0.6 is 0 Å². The molecule has 1 aromatic heterocycles. The molecular weight excluding hydrogens is 324 g/mol. The van der Waals surface area contributed by atoms with Gasteiger partial charge >= 0.3 is 5.97 Å². The van der Waals surface area contributed by atoms with Gasteiger partial charge in [-0.15, -0.1) is 0 Å². The molecule has 0 radical (unpaired) electrons. The topological polar surface area (TPSA) is 137 Å². The van der Waals surface area contributed by atoms with Crippen LogP contribution < -0.4 is 11.5 Å². The maximum absolute atomic E-state index is 12.4. The highest BCUT2D eigenvalue weighted by molar-refractivity contribution is 6.07. The van der Waals surface area contributed by atoms with Crippen LogP contribution in [0.2, 0.25) is 0 Å². The fraction of sp³-hybridized carbons (Fsp3) is 0.278. The van der Waals surface area contributed by atoms with E-state index in [0.717, 1.165) is 16.7 Å². The molecule has 25 heavy (non-hydrogen) atoms. The highest BCUT2D eigenvalue weighted by atomic mass is 16.4. The number of nitrogens with two attached hydrogens (primary N) is 2. The van der Waals surface area contributed by atoms with Crippen molar-refractivity contribution in [2.45, 2.75) is 26.3 Å². The lowest BCUT2D eigenvalue weighted by Gasteiger charge is -2.13. The molecule has 0 saturated heterocycles. The average Bonchev–Trinajstić information content (AvgIpc) is 3.00. The number of carbonyl (C=O) groups is 3. The summed E-state index contributed by atoms with van der Waals surface area (Å²) in [6.45, 7) is 3.88. The molecule has 0 aliphatic carbocycles. The van der Waals surface area contributed by atoms with Gasteiger partial charge in [0.2, 0.25) is 11.7 Å². The summed E-state index contributed by atoms with van der Waals surface area (Å²) in [5, 5.41) is 9.26. The summed E-state index contributed by atoms with van der Waals surface area (Å²) in [7, 11) is 0. The molecule has 2 aromatic rings. The Kier molecular flexibility index (Phi) is 5.38. The second-order valence-electron chi connectivity index (χ2n) is 6.04. The van der Waals surface area contributed by atoms with Crippen molar-refractivity contribution in [3.05, 3.63) is 47.2 Å². The number of hydrogen-bond acceptors (Lipinski definition) is 5. The number of rotatable bonds is 7. The molecule has 0 fully saturated rings. The normalized spacial score (nSPS) is 13.2. The molecule has 0 spiro atoms. The Balaban J connectivity index is 2.28. The van der Waals surface area contributed by atoms with Crippen molar-refractivity contribution in [2.24, 2.45) is 17.4 Å². The number of Topliss-reactive ketones (excluding diaryl/α,β-unsaturated/α-hetero) is 1. The first-order valence-electron chi connectivity index (χ1n) is 7.69. The lowest BCUT2D eigenvalue weighted by atomic mass is 9.94. The Morgan fingerprint density at radius 2 is 1.72 bits per heavy atom. The van der Waals surface area contributed by atoms with Gasteiger partial charge < -0.3 is 21.0 Å². The van der Waals surface area contributed by atoms with E-state index in [2.05, 4.69) is 0 Å². The number of carbonyl (C=O) groups excluding carboxylic acids is 2. The predicted octanol–water partition coefficient (Wildman–Crippen LogP) is 1.65. The van der Waals surface area contributed by atoms with Crippen molar-refractivity contribution >= 4 is 17.7 Å². The number of carboxylic acid groups (broad SMARTS) is 1. The molecule has 1 aromatic carbocycles. The quantitative estimate of drug-likeness (QED) is 0.516. The number of furan rings is 1. The maximum atomic E-state index is 12.4. The molecule has 2 rings (SSSR count). The summed E-state index contributed by atoms with van der Waals surface area (Å²) >= 11 is 0. The molecule has 0 saturated carbocycles. The van der Waals surface area contributed by atoms with Gasteiger partial charge in [-0.05, 0) is 44.5 Å². The standard InChI is InChI=1S/C18H20N2O5/c1-9-5-10(2)7-11(6-9)14-3-4-15(25-14)16(21)12(18(23)24)8-13(19)17(20)22/h3-7,12-13H,8,19H2,1-2H3,(H2,20,22)(H,23,24)/t12?,13-/m0/s1. The Labute approximate surface area is 144 Å². The van der Waals surface area contributed by atoms with E-state index in [0.29, 0.717) is 5.76 Å². The van der Waals surface area contributed by atoms with E-state index in [4.69, 9.17) is 15.9 Å². The Morgan fingerprint density at radius 3 is 2.24 bits per heavy atom. The van der Waals surface area contributed by atoms with Crippen LogP contribution in [0.5, 0.6) is 0 Å². The van der Waals surface area contributed by atoms with Gasteiger partial charge in [0, 0.05) is 5.56 Å². The summed E-state index contributed by atoms with van der Waals surface area (Å²) in [5.41, 5.74) is 13.4. The lowest BCUT2D eigenvalue weighted by molar-refractivity contribution is -0.140. The minimum absolute atomic E-state index is 0.0989. The number of ketones is 1. The first-order valence-corrected chi connectivity index (χ1v) is 7.69. The number of carboxylic acids is 1. The molecule has 132 valence electrons. The van der Waals surface area contributed by atoms with Crippen molar-refractivity contribution in [1.82, 2.24) is 0 Å². The zero-order valence-electron chi connectivity index (χ0n) is 14.0. The molecule has 5 N–H and O–H groups in total. The van der Waals surface area contributed by atoms with Gasteiger partial charge in [-0.25, -0.2) is 0 Å². The van der Waals surface area contributed by atoms with Crippen molar-refractivity contribution < 1.29 is 23.9 Å². The third-order valence-corrected chi connectivity index (χ3v) is 3.82. The average molecular weight is 344 g/mol. The Bertz CT molecular complexity index is 804. The van der Waals surface area contributed by atoms with E-state index in [1.807, 2.05) is 32.0 Å². The van der Waals surface area contributed by atoms with Gasteiger partial charge in [-0.3, -0.25) is 14.4 Å². The summed E-state index contributed by atoms with van der Waals surface area (Å²) in [6.07, 6.45) is -0.386. The van der Waals surface area contributed by atoms with E-state index in [9.17, 15) is 19.5 Å². The summed E-state index contributed by atoms with van der Waals surface area (Å²) in [5.74, 6) is -4.14. The molecule has 7 nitrogen and oxygen atoms in total. The van der Waals surface area contributed by atoms with Crippen molar-refractivity contribution in [3.63, 3.8) is 0 Å². The lowest BCUT2D eigenvalue weighted by Crippen LogP contribution is -2.41. The van der Waals surface area contributed by atoms with Crippen LogP contribution in [0.15, 0.2) is 34.7 Å². The largest absolute Gasteiger partial charge is 0.481 e. The maximum Gasteiger partial charge on any atom is 0.314 e. The van der Waals surface area contributed by atoms with Crippen molar-refractivity contribution in [2.75, 3.05) is 0 Å². The number of amides is 1. The predicted molar refractivity (Wildman–Crippen MR) is 90.9 cm³/mol. The van der Waals surface area contributed by atoms with Crippen molar-refractivity contribution in [3.8, 4) is 11.3 Å². The fourth-order valence-electron chi connectivity index (χ4n) is 2.60. The van der Waals surface area contributed by atoms with Crippen LogP contribution in [0.1, 0.15) is 28.1 Å². The second-order valence-corrected chi connectivity index (χ2v) is 6.04. The summed E-state index contributed by atoms with van der Waals surface area (Å²) < 4.78 is 5.54.